The van der Waals surface area contributed by atoms with Crippen molar-refractivity contribution in [3.8, 4) is 22.3 Å². The molecule has 2 unspecified atom stereocenters. The van der Waals surface area contributed by atoms with Gasteiger partial charge in [-0.15, -0.1) is 0 Å². The molecule has 0 saturated carbocycles. The molecule has 0 radical (unpaired) electrons. The molecule has 0 aliphatic rings. The number of carboxylic acids is 1. The number of aliphatic carboxylic acids is 1. The van der Waals surface area contributed by atoms with E-state index >= 15 is 0 Å². The maximum atomic E-state index is 13.4. The third-order valence-electron chi connectivity index (χ3n) is 6.53. The first-order chi connectivity index (χ1) is 18.8. The summed E-state index contributed by atoms with van der Waals surface area (Å²) in [6, 6.07) is 21.6. The van der Waals surface area contributed by atoms with Crippen LogP contribution in [0.1, 0.15) is 39.8 Å². The van der Waals surface area contributed by atoms with E-state index in [1.165, 1.54) is 11.8 Å². The molecule has 1 aromatic heterocycles. The van der Waals surface area contributed by atoms with Crippen molar-refractivity contribution in [2.45, 2.75) is 25.5 Å². The van der Waals surface area contributed by atoms with E-state index < -0.39 is 24.0 Å². The number of ether oxygens (including phenoxy) is 1. The monoisotopic (exact) mass is 570 g/mol. The first-order valence-electron chi connectivity index (χ1n) is 12.4. The van der Waals surface area contributed by atoms with Crippen molar-refractivity contribution >= 4 is 35.2 Å². The molecule has 3 aromatic carbocycles. The van der Waals surface area contributed by atoms with Crippen LogP contribution < -0.4 is 24.2 Å². The molecule has 0 spiro atoms. The Morgan fingerprint density at radius 3 is 2.40 bits per heavy atom. The van der Waals surface area contributed by atoms with E-state index in [4.69, 9.17) is 20.8 Å². The molecule has 0 saturated heterocycles. The van der Waals surface area contributed by atoms with Crippen molar-refractivity contribution in [1.82, 2.24) is 5.32 Å². The van der Waals surface area contributed by atoms with Crippen LogP contribution in [-0.4, -0.2) is 42.1 Å². The third kappa shape index (κ3) is 7.42. The maximum absolute atomic E-state index is 13.4. The summed E-state index contributed by atoms with van der Waals surface area (Å²) in [7, 11) is 1.60. The normalized spacial score (nSPS) is 12.3. The fourth-order valence-corrected chi connectivity index (χ4v) is 5.05. The SMILES string of the molecule is COC(c1ccc(C(=O)NC(CCSC)C(=O)O)c(-c2ccccc2C)c1)c1cc(-c2ccc(Cl)cc2)co1.[Li+]. The summed E-state index contributed by atoms with van der Waals surface area (Å²) in [5.41, 5.74) is 5.58. The van der Waals surface area contributed by atoms with Gasteiger partial charge in [0.05, 0.1) is 6.26 Å². The summed E-state index contributed by atoms with van der Waals surface area (Å²) >= 11 is 7.57. The van der Waals surface area contributed by atoms with Crippen LogP contribution in [0.25, 0.3) is 22.3 Å². The standard InChI is InChI=1S/C31H30ClNO5S.Li/c1-19-6-4-5-7-24(19)26-16-21(10-13-25(26)30(34)33-27(31(35)36)14-15-39-3)29(37-2)28-17-22(18-38-28)20-8-11-23(32)12-9-20;/h4-13,16-18,27,29H,14-15H2,1-3H3,(H,33,34)(H,35,36);/q;+1. The van der Waals surface area contributed by atoms with E-state index in [1.807, 2.05) is 79.9 Å². The van der Waals surface area contributed by atoms with Crippen LogP contribution in [-0.2, 0) is 9.53 Å². The van der Waals surface area contributed by atoms with Gasteiger partial charge in [0.1, 0.15) is 17.9 Å². The Balaban J connectivity index is 0.00000441. The van der Waals surface area contributed by atoms with Crippen LogP contribution in [0.15, 0.2) is 83.5 Å². The largest absolute Gasteiger partial charge is 1.00 e. The number of carbonyl (C=O) groups is 2. The van der Waals surface area contributed by atoms with Crippen LogP contribution in [0.4, 0.5) is 0 Å². The smallest absolute Gasteiger partial charge is 0.480 e. The molecule has 1 heterocycles. The predicted octanol–water partition coefficient (Wildman–Crippen LogP) is 4.25. The molecule has 40 heavy (non-hydrogen) atoms. The number of furan rings is 1. The molecule has 9 heteroatoms. The molecule has 4 aromatic rings. The second-order valence-electron chi connectivity index (χ2n) is 9.13. The molecule has 0 bridgehead atoms. The molecule has 0 aliphatic carbocycles. The Hall–Kier alpha value is -2.92. The Kier molecular flexibility index (Phi) is 11.6. The third-order valence-corrected chi connectivity index (χ3v) is 7.43. The van der Waals surface area contributed by atoms with E-state index in [2.05, 4.69) is 5.32 Å². The second kappa shape index (κ2) is 14.6. The van der Waals surface area contributed by atoms with Crippen molar-refractivity contribution in [3.05, 3.63) is 107 Å². The van der Waals surface area contributed by atoms with Gasteiger partial charge in [-0.2, -0.15) is 11.8 Å². The van der Waals surface area contributed by atoms with Gasteiger partial charge < -0.3 is 19.6 Å². The summed E-state index contributed by atoms with van der Waals surface area (Å²) in [6.45, 7) is 1.97. The average Bonchev–Trinajstić information content (AvgIpc) is 3.41. The maximum Gasteiger partial charge on any atom is 1.00 e. The average molecular weight is 571 g/mol. The van der Waals surface area contributed by atoms with Gasteiger partial charge in [-0.1, -0.05) is 54.1 Å². The molecular formula is C31H30ClLiNO5S+. The van der Waals surface area contributed by atoms with Crippen LogP contribution >= 0.6 is 23.4 Å². The number of hydrogen-bond donors (Lipinski definition) is 2. The fraction of sp³-hybridized carbons (Fsp3) is 0.226. The molecule has 0 aliphatic heterocycles. The second-order valence-corrected chi connectivity index (χ2v) is 10.5. The van der Waals surface area contributed by atoms with Gasteiger partial charge in [-0.3, -0.25) is 4.79 Å². The minimum Gasteiger partial charge on any atom is -0.480 e. The summed E-state index contributed by atoms with van der Waals surface area (Å²) < 4.78 is 11.8. The summed E-state index contributed by atoms with van der Waals surface area (Å²) in [5.74, 6) is -0.263. The van der Waals surface area contributed by atoms with Crippen molar-refractivity contribution in [2.75, 3.05) is 19.1 Å². The quantitative estimate of drug-likeness (QED) is 0.262. The molecule has 2 N–H and O–H groups in total. The molecule has 0 fully saturated rings. The minimum atomic E-state index is -1.06. The number of rotatable bonds is 11. The van der Waals surface area contributed by atoms with Gasteiger partial charge in [0.25, 0.3) is 5.91 Å². The van der Waals surface area contributed by atoms with Gasteiger partial charge in [0.15, 0.2) is 0 Å². The number of amides is 1. The Bertz CT molecular complexity index is 1460. The van der Waals surface area contributed by atoms with E-state index in [0.29, 0.717) is 34.1 Å². The number of carboxylic acid groups (broad SMARTS) is 1. The zero-order chi connectivity index (χ0) is 27.9. The summed E-state index contributed by atoms with van der Waals surface area (Å²) in [6.07, 6.45) is 3.38. The molecule has 202 valence electrons. The number of aryl methyl sites for hydroxylation is 1. The molecule has 1 amide bonds. The number of nitrogens with one attached hydrogen (secondary N) is 1. The van der Waals surface area contributed by atoms with E-state index in [-0.39, 0.29) is 18.9 Å². The molecule has 6 nitrogen and oxygen atoms in total. The zero-order valence-corrected chi connectivity index (χ0v) is 24.5. The number of hydrogen-bond acceptors (Lipinski definition) is 5. The zero-order valence-electron chi connectivity index (χ0n) is 22.9. The van der Waals surface area contributed by atoms with Crippen LogP contribution in [0.5, 0.6) is 0 Å². The van der Waals surface area contributed by atoms with Gasteiger partial charge in [0.2, 0.25) is 0 Å². The van der Waals surface area contributed by atoms with E-state index in [0.717, 1.165) is 27.8 Å². The van der Waals surface area contributed by atoms with Crippen molar-refractivity contribution in [3.63, 3.8) is 0 Å². The van der Waals surface area contributed by atoms with Crippen LogP contribution in [0, 0.1) is 6.92 Å². The van der Waals surface area contributed by atoms with Crippen LogP contribution in [0.2, 0.25) is 5.02 Å². The van der Waals surface area contributed by atoms with Crippen molar-refractivity contribution in [1.29, 1.82) is 0 Å². The van der Waals surface area contributed by atoms with Gasteiger partial charge in [0, 0.05) is 23.3 Å². The van der Waals surface area contributed by atoms with E-state index in [9.17, 15) is 14.7 Å². The summed E-state index contributed by atoms with van der Waals surface area (Å²) in [4.78, 5) is 25.2. The first kappa shape index (κ1) is 31.6. The Morgan fingerprint density at radius 2 is 1.75 bits per heavy atom. The fourth-order valence-electron chi connectivity index (χ4n) is 4.45. The predicted molar refractivity (Wildman–Crippen MR) is 157 cm³/mol. The van der Waals surface area contributed by atoms with Crippen LogP contribution in [0.3, 0.4) is 0 Å². The Labute approximate surface area is 255 Å². The minimum absolute atomic E-state index is 0. The summed E-state index contributed by atoms with van der Waals surface area (Å²) in [5, 5.41) is 13.0. The number of thioether (sulfide) groups is 1. The van der Waals surface area contributed by atoms with Crippen molar-refractivity contribution in [2.24, 2.45) is 0 Å². The van der Waals surface area contributed by atoms with Gasteiger partial charge >= 0.3 is 24.8 Å². The molecular weight excluding hydrogens is 541 g/mol. The number of methoxy groups -OCH3 is 1. The first-order valence-corrected chi connectivity index (χ1v) is 14.2. The number of benzene rings is 3. The van der Waals surface area contributed by atoms with E-state index in [1.54, 1.807) is 19.4 Å². The number of carbonyl (C=O) groups excluding carboxylic acids is 1. The topological polar surface area (TPSA) is 88.8 Å². The molecule has 2 atom stereocenters. The van der Waals surface area contributed by atoms with Crippen molar-refractivity contribution < 1.29 is 42.7 Å². The number of halogens is 1. The van der Waals surface area contributed by atoms with Gasteiger partial charge in [-0.05, 0) is 83.5 Å². The molecule has 4 rings (SSSR count). The Morgan fingerprint density at radius 1 is 1.02 bits per heavy atom. The van der Waals surface area contributed by atoms with Gasteiger partial charge in [-0.25, -0.2) is 4.79 Å².